The van der Waals surface area contributed by atoms with E-state index in [1.54, 1.807) is 0 Å². The molecule has 2 aromatic carbocycles. The van der Waals surface area contributed by atoms with Crippen molar-refractivity contribution >= 4 is 41.0 Å². The molecule has 0 bridgehead atoms. The van der Waals surface area contributed by atoms with Crippen molar-refractivity contribution in [2.75, 3.05) is 19.6 Å². The maximum atomic E-state index is 15.1. The van der Waals surface area contributed by atoms with Gasteiger partial charge in [0.15, 0.2) is 5.03 Å². The molecule has 1 aromatic heterocycles. The van der Waals surface area contributed by atoms with Gasteiger partial charge in [-0.05, 0) is 37.1 Å². The van der Waals surface area contributed by atoms with Crippen LogP contribution in [-0.4, -0.2) is 64.3 Å². The number of alkyl halides is 4. The molecule has 1 saturated heterocycles. The van der Waals surface area contributed by atoms with Crippen LogP contribution in [0.4, 0.5) is 22.0 Å². The first kappa shape index (κ1) is 28.4. The average molecular weight is 602 g/mol. The van der Waals surface area contributed by atoms with Crippen molar-refractivity contribution in [2.24, 2.45) is 0 Å². The third-order valence-corrected chi connectivity index (χ3v) is 11.0. The van der Waals surface area contributed by atoms with Crippen LogP contribution in [0.1, 0.15) is 12.8 Å². The second-order valence-electron chi connectivity index (χ2n) is 8.57. The van der Waals surface area contributed by atoms with Crippen LogP contribution in [0.25, 0.3) is 10.9 Å². The number of nitrogens with one attached hydrogen (secondary N) is 1. The van der Waals surface area contributed by atoms with E-state index < -0.39 is 89.5 Å². The Morgan fingerprint density at radius 3 is 2.05 bits per heavy atom. The normalized spacial score (nSPS) is 17.6. The number of rotatable bonds is 7. The molecule has 0 unspecified atom stereocenters. The highest BCUT2D eigenvalue weighted by atomic mass is 32.2. The highest BCUT2D eigenvalue weighted by Gasteiger charge is 2.48. The zero-order chi connectivity index (χ0) is 28.1. The molecule has 208 valence electrons. The third kappa shape index (κ3) is 5.04. The minimum atomic E-state index is -5.81. The molecule has 2 heterocycles. The SMILES string of the molecule is O=S(=O)(c1cc2ccccc2n1S(=O)(=O)c1ccccc1F)N1CCC(F)(CNS(=O)(=O)C(F)(F)F)CC1. The summed E-state index contributed by atoms with van der Waals surface area (Å²) in [5, 5.41) is -0.546. The van der Waals surface area contributed by atoms with Crippen LogP contribution in [-0.2, 0) is 30.1 Å². The summed E-state index contributed by atoms with van der Waals surface area (Å²) in [5.74, 6) is -1.12. The van der Waals surface area contributed by atoms with Gasteiger partial charge in [0.2, 0.25) is 0 Å². The van der Waals surface area contributed by atoms with E-state index >= 15 is 4.39 Å². The zero-order valence-corrected chi connectivity index (χ0v) is 21.6. The van der Waals surface area contributed by atoms with E-state index in [0.29, 0.717) is 3.97 Å². The van der Waals surface area contributed by atoms with Gasteiger partial charge in [-0.2, -0.15) is 17.5 Å². The molecule has 1 aliphatic rings. The molecule has 1 fully saturated rings. The lowest BCUT2D eigenvalue weighted by Crippen LogP contribution is -2.51. The van der Waals surface area contributed by atoms with E-state index in [-0.39, 0.29) is 10.9 Å². The molecule has 0 aliphatic carbocycles. The van der Waals surface area contributed by atoms with Crippen molar-refractivity contribution < 1.29 is 47.2 Å². The molecule has 0 atom stereocenters. The van der Waals surface area contributed by atoms with Gasteiger partial charge < -0.3 is 0 Å². The molecule has 1 aliphatic heterocycles. The van der Waals surface area contributed by atoms with E-state index in [9.17, 15) is 42.8 Å². The molecule has 0 radical (unpaired) electrons. The predicted molar refractivity (Wildman–Crippen MR) is 126 cm³/mol. The molecule has 1 N–H and O–H groups in total. The zero-order valence-electron chi connectivity index (χ0n) is 19.2. The maximum absolute atomic E-state index is 15.1. The van der Waals surface area contributed by atoms with Crippen LogP contribution in [0.3, 0.4) is 0 Å². The van der Waals surface area contributed by atoms with Crippen LogP contribution in [0.2, 0.25) is 0 Å². The van der Waals surface area contributed by atoms with Gasteiger partial charge in [-0.15, -0.1) is 0 Å². The second-order valence-corrected chi connectivity index (χ2v) is 14.0. The number of hydrogen-bond donors (Lipinski definition) is 1. The minimum Gasteiger partial charge on any atom is -0.242 e. The van der Waals surface area contributed by atoms with Gasteiger partial charge in [0.05, 0.1) is 5.52 Å². The Balaban J connectivity index is 1.68. The summed E-state index contributed by atoms with van der Waals surface area (Å²) < 4.78 is 146. The quantitative estimate of drug-likeness (QED) is 0.416. The highest BCUT2D eigenvalue weighted by Crippen LogP contribution is 2.34. The van der Waals surface area contributed by atoms with Crippen LogP contribution in [0.5, 0.6) is 0 Å². The number of nitrogens with zero attached hydrogens (tertiary/aromatic N) is 2. The largest absolute Gasteiger partial charge is 0.511 e. The number of aromatic nitrogens is 1. The standard InChI is InChI=1S/C21H20F5N3O6S3/c22-16-6-2-4-8-18(16)36(30,31)29-17-7-3-1-5-15(17)13-19(29)37(32,33)28-11-9-20(23,10-12-28)14-27-38(34,35)21(24,25)26/h1-8,13,27H,9-12,14H2. The summed E-state index contributed by atoms with van der Waals surface area (Å²) in [7, 11) is -15.3. The Morgan fingerprint density at radius 1 is 0.868 bits per heavy atom. The number of para-hydroxylation sites is 1. The summed E-state index contributed by atoms with van der Waals surface area (Å²) in [4.78, 5) is -0.781. The fourth-order valence-electron chi connectivity index (χ4n) is 4.03. The number of sulfonamides is 2. The number of hydrogen-bond acceptors (Lipinski definition) is 6. The highest BCUT2D eigenvalue weighted by molar-refractivity contribution is 7.92. The van der Waals surface area contributed by atoms with Crippen LogP contribution in [0.15, 0.2) is 64.5 Å². The summed E-state index contributed by atoms with van der Waals surface area (Å²) in [6.45, 7) is -2.41. The number of benzene rings is 2. The summed E-state index contributed by atoms with van der Waals surface area (Å²) in [6.07, 6.45) is -1.35. The first-order valence-electron chi connectivity index (χ1n) is 10.9. The van der Waals surface area contributed by atoms with Crippen molar-refractivity contribution in [2.45, 2.75) is 33.9 Å². The van der Waals surface area contributed by atoms with Gasteiger partial charge in [-0.25, -0.2) is 42.7 Å². The first-order valence-corrected chi connectivity index (χ1v) is 15.2. The Morgan fingerprint density at radius 2 is 1.45 bits per heavy atom. The Bertz CT molecular complexity index is 1700. The average Bonchev–Trinajstić information content (AvgIpc) is 3.24. The van der Waals surface area contributed by atoms with Gasteiger partial charge in [-0.1, -0.05) is 30.3 Å². The van der Waals surface area contributed by atoms with Crippen LogP contribution >= 0.6 is 0 Å². The fourth-order valence-corrected chi connectivity index (χ4v) is 8.20. The minimum absolute atomic E-state index is 0.0623. The van der Waals surface area contributed by atoms with Gasteiger partial charge >= 0.3 is 15.5 Å². The van der Waals surface area contributed by atoms with Crippen LogP contribution < -0.4 is 4.72 Å². The monoisotopic (exact) mass is 601 g/mol. The van der Waals surface area contributed by atoms with E-state index in [2.05, 4.69) is 0 Å². The molecular formula is C21H20F5N3O6S3. The Labute approximate surface area is 215 Å². The Hall–Kier alpha value is -2.60. The summed E-state index contributed by atoms with van der Waals surface area (Å²) in [5.41, 5.74) is -8.20. The number of halogens is 5. The lowest BCUT2D eigenvalue weighted by Gasteiger charge is -2.35. The molecule has 9 nitrogen and oxygen atoms in total. The first-order chi connectivity index (χ1) is 17.5. The van der Waals surface area contributed by atoms with Crippen molar-refractivity contribution in [3.8, 4) is 0 Å². The van der Waals surface area contributed by atoms with Crippen molar-refractivity contribution in [3.05, 3.63) is 60.4 Å². The maximum Gasteiger partial charge on any atom is 0.511 e. The summed E-state index contributed by atoms with van der Waals surface area (Å²) >= 11 is 0. The van der Waals surface area contributed by atoms with Crippen molar-refractivity contribution in [1.29, 1.82) is 0 Å². The molecule has 3 aromatic rings. The van der Waals surface area contributed by atoms with E-state index in [4.69, 9.17) is 0 Å². The van der Waals surface area contributed by atoms with Gasteiger partial charge in [0.25, 0.3) is 20.0 Å². The molecule has 0 saturated carbocycles. The molecule has 38 heavy (non-hydrogen) atoms. The summed E-state index contributed by atoms with van der Waals surface area (Å²) in [6, 6.07) is 11.2. The van der Waals surface area contributed by atoms with Crippen molar-refractivity contribution in [1.82, 2.24) is 13.0 Å². The number of fused-ring (bicyclic) bond motifs is 1. The van der Waals surface area contributed by atoms with E-state index in [1.807, 2.05) is 0 Å². The smallest absolute Gasteiger partial charge is 0.242 e. The predicted octanol–water partition coefficient (Wildman–Crippen LogP) is 2.95. The topological polar surface area (TPSA) is 123 Å². The molecule has 4 rings (SSSR count). The van der Waals surface area contributed by atoms with Gasteiger partial charge in [-0.3, -0.25) is 0 Å². The van der Waals surface area contributed by atoms with E-state index in [0.717, 1.165) is 27.2 Å². The van der Waals surface area contributed by atoms with Gasteiger partial charge in [0.1, 0.15) is 16.4 Å². The second kappa shape index (κ2) is 9.55. The van der Waals surface area contributed by atoms with Crippen molar-refractivity contribution in [3.63, 3.8) is 0 Å². The molecule has 0 amide bonds. The fraction of sp³-hybridized carbons (Fsp3) is 0.333. The van der Waals surface area contributed by atoms with E-state index in [1.165, 1.54) is 36.4 Å². The van der Waals surface area contributed by atoms with Crippen LogP contribution in [0, 0.1) is 5.82 Å². The molecular weight excluding hydrogens is 581 g/mol. The third-order valence-electron chi connectivity index (χ3n) is 6.10. The Kier molecular flexibility index (Phi) is 7.14. The van der Waals surface area contributed by atoms with Gasteiger partial charge in [0, 0.05) is 25.0 Å². The molecule has 17 heteroatoms. The number of piperidine rings is 1. The lowest BCUT2D eigenvalue weighted by atomic mass is 9.95. The lowest BCUT2D eigenvalue weighted by molar-refractivity contribution is -0.0452. The molecule has 0 spiro atoms.